The number of methoxy groups -OCH3 is 1. The van der Waals surface area contributed by atoms with E-state index >= 15 is 0 Å². The van der Waals surface area contributed by atoms with Crippen LogP contribution in [0.15, 0.2) is 36.4 Å². The minimum absolute atomic E-state index is 0.123. The molecule has 0 heterocycles. The molecule has 112 valence electrons. The van der Waals surface area contributed by atoms with Crippen LogP contribution in [0, 0.1) is 6.92 Å². The predicted molar refractivity (Wildman–Crippen MR) is 87.4 cm³/mol. The van der Waals surface area contributed by atoms with Crippen LogP contribution in [0.4, 0.5) is 5.69 Å². The van der Waals surface area contributed by atoms with Crippen LogP contribution in [0.25, 0.3) is 0 Å². The lowest BCUT2D eigenvalue weighted by Gasteiger charge is -2.21. The minimum atomic E-state index is 0.123. The molecule has 0 aliphatic carbocycles. The molecule has 0 aliphatic rings. The molecule has 3 heteroatoms. The summed E-state index contributed by atoms with van der Waals surface area (Å²) in [6.07, 6.45) is 0. The Kier molecular flexibility index (Phi) is 4.12. The first kappa shape index (κ1) is 15.2. The van der Waals surface area contributed by atoms with E-state index in [0.29, 0.717) is 11.4 Å². The molecule has 21 heavy (non-hydrogen) atoms. The van der Waals surface area contributed by atoms with E-state index in [1.165, 1.54) is 5.56 Å². The van der Waals surface area contributed by atoms with Gasteiger partial charge in [-0.05, 0) is 41.7 Å². The highest BCUT2D eigenvalue weighted by atomic mass is 16.5. The van der Waals surface area contributed by atoms with Gasteiger partial charge in [0.25, 0.3) is 0 Å². The highest BCUT2D eigenvalue weighted by Crippen LogP contribution is 2.34. The van der Waals surface area contributed by atoms with Crippen molar-refractivity contribution >= 4 is 5.69 Å². The molecule has 2 rings (SSSR count). The third-order valence-corrected chi connectivity index (χ3v) is 3.48. The van der Waals surface area contributed by atoms with Gasteiger partial charge in [0.05, 0.1) is 12.8 Å². The number of ether oxygens (including phenoxy) is 2. The minimum Gasteiger partial charge on any atom is -0.497 e. The third kappa shape index (κ3) is 3.48. The van der Waals surface area contributed by atoms with E-state index in [-0.39, 0.29) is 5.41 Å². The van der Waals surface area contributed by atoms with Crippen LogP contribution >= 0.6 is 0 Å². The summed E-state index contributed by atoms with van der Waals surface area (Å²) in [5, 5.41) is 0. The molecule has 2 aromatic rings. The first-order valence-electron chi connectivity index (χ1n) is 7.04. The van der Waals surface area contributed by atoms with Crippen molar-refractivity contribution in [3.63, 3.8) is 0 Å². The SMILES string of the molecule is COc1ccc(N)c(Oc2ccc(C(C)(C)C)cc2C)c1. The summed E-state index contributed by atoms with van der Waals surface area (Å²) in [4.78, 5) is 0. The molecule has 0 amide bonds. The van der Waals surface area contributed by atoms with Gasteiger partial charge in [0, 0.05) is 6.07 Å². The van der Waals surface area contributed by atoms with Gasteiger partial charge in [0.15, 0.2) is 5.75 Å². The number of nitrogens with two attached hydrogens (primary N) is 1. The summed E-state index contributed by atoms with van der Waals surface area (Å²) < 4.78 is 11.2. The Morgan fingerprint density at radius 3 is 2.24 bits per heavy atom. The summed E-state index contributed by atoms with van der Waals surface area (Å²) in [7, 11) is 1.62. The van der Waals surface area contributed by atoms with E-state index in [0.717, 1.165) is 17.1 Å². The van der Waals surface area contributed by atoms with Crippen LogP contribution in [0.2, 0.25) is 0 Å². The fraction of sp³-hybridized carbons (Fsp3) is 0.333. The Hall–Kier alpha value is -2.16. The van der Waals surface area contributed by atoms with Gasteiger partial charge in [-0.1, -0.05) is 32.9 Å². The van der Waals surface area contributed by atoms with E-state index in [1.807, 2.05) is 19.1 Å². The lowest BCUT2D eigenvalue weighted by Crippen LogP contribution is -2.11. The monoisotopic (exact) mass is 285 g/mol. The standard InChI is InChI=1S/C18H23NO2/c1-12-10-13(18(2,3)4)6-9-16(12)21-17-11-14(20-5)7-8-15(17)19/h6-11H,19H2,1-5H3. The molecule has 0 unspecified atom stereocenters. The molecule has 2 aromatic carbocycles. The van der Waals surface area contributed by atoms with E-state index in [4.69, 9.17) is 15.2 Å². The Morgan fingerprint density at radius 2 is 1.67 bits per heavy atom. The quantitative estimate of drug-likeness (QED) is 0.833. The van der Waals surface area contributed by atoms with E-state index in [2.05, 4.69) is 32.9 Å². The molecule has 0 saturated heterocycles. The molecule has 0 radical (unpaired) electrons. The van der Waals surface area contributed by atoms with Crippen molar-refractivity contribution in [1.82, 2.24) is 0 Å². The molecule has 0 aliphatic heterocycles. The van der Waals surface area contributed by atoms with Crippen LogP contribution in [-0.4, -0.2) is 7.11 Å². The van der Waals surface area contributed by atoms with Crippen molar-refractivity contribution in [2.24, 2.45) is 0 Å². The zero-order chi connectivity index (χ0) is 15.6. The second-order valence-electron chi connectivity index (χ2n) is 6.24. The smallest absolute Gasteiger partial charge is 0.154 e. The number of hydrogen-bond donors (Lipinski definition) is 1. The van der Waals surface area contributed by atoms with Crippen LogP contribution in [0.3, 0.4) is 0 Å². The lowest BCUT2D eigenvalue weighted by molar-refractivity contribution is 0.409. The molecular weight excluding hydrogens is 262 g/mol. The Morgan fingerprint density at radius 1 is 0.952 bits per heavy atom. The van der Waals surface area contributed by atoms with Gasteiger partial charge in [-0.15, -0.1) is 0 Å². The first-order valence-corrected chi connectivity index (χ1v) is 7.04. The fourth-order valence-corrected chi connectivity index (χ4v) is 2.08. The molecule has 0 aromatic heterocycles. The first-order chi connectivity index (χ1) is 9.81. The fourth-order valence-electron chi connectivity index (χ4n) is 2.08. The summed E-state index contributed by atoms with van der Waals surface area (Å²) in [5.41, 5.74) is 9.05. The molecule has 0 saturated carbocycles. The lowest BCUT2D eigenvalue weighted by atomic mass is 9.86. The van der Waals surface area contributed by atoms with Gasteiger partial charge in [-0.2, -0.15) is 0 Å². The molecular formula is C18H23NO2. The predicted octanol–water partition coefficient (Wildman–Crippen LogP) is 4.68. The second kappa shape index (κ2) is 5.68. The molecule has 0 fully saturated rings. The van der Waals surface area contributed by atoms with Gasteiger partial charge >= 0.3 is 0 Å². The number of rotatable bonds is 3. The van der Waals surface area contributed by atoms with Gasteiger partial charge in [-0.3, -0.25) is 0 Å². The van der Waals surface area contributed by atoms with Crippen LogP contribution in [0.1, 0.15) is 31.9 Å². The second-order valence-corrected chi connectivity index (χ2v) is 6.24. The number of nitrogen functional groups attached to an aromatic ring is 1. The Bertz CT molecular complexity index is 642. The maximum absolute atomic E-state index is 5.96. The summed E-state index contributed by atoms with van der Waals surface area (Å²) in [5.74, 6) is 2.15. The summed E-state index contributed by atoms with van der Waals surface area (Å²) in [6, 6.07) is 11.6. The Balaban J connectivity index is 2.32. The van der Waals surface area contributed by atoms with Gasteiger partial charge in [0.2, 0.25) is 0 Å². The maximum Gasteiger partial charge on any atom is 0.154 e. The third-order valence-electron chi connectivity index (χ3n) is 3.48. The zero-order valence-electron chi connectivity index (χ0n) is 13.4. The van der Waals surface area contributed by atoms with E-state index in [1.54, 1.807) is 19.2 Å². The van der Waals surface area contributed by atoms with Gasteiger partial charge in [-0.25, -0.2) is 0 Å². The molecule has 0 bridgehead atoms. The highest BCUT2D eigenvalue weighted by molar-refractivity contribution is 5.57. The number of anilines is 1. The molecule has 0 atom stereocenters. The summed E-state index contributed by atoms with van der Waals surface area (Å²) >= 11 is 0. The molecule has 0 spiro atoms. The molecule has 2 N–H and O–H groups in total. The van der Waals surface area contributed by atoms with E-state index in [9.17, 15) is 0 Å². The van der Waals surface area contributed by atoms with Crippen molar-refractivity contribution in [3.8, 4) is 17.2 Å². The largest absolute Gasteiger partial charge is 0.497 e. The van der Waals surface area contributed by atoms with Crippen molar-refractivity contribution < 1.29 is 9.47 Å². The van der Waals surface area contributed by atoms with Crippen molar-refractivity contribution in [2.45, 2.75) is 33.1 Å². The van der Waals surface area contributed by atoms with Gasteiger partial charge in [0.1, 0.15) is 11.5 Å². The number of benzene rings is 2. The van der Waals surface area contributed by atoms with Crippen molar-refractivity contribution in [1.29, 1.82) is 0 Å². The van der Waals surface area contributed by atoms with Crippen LogP contribution in [-0.2, 0) is 5.41 Å². The Labute approximate surface area is 126 Å². The van der Waals surface area contributed by atoms with Gasteiger partial charge < -0.3 is 15.2 Å². The van der Waals surface area contributed by atoms with E-state index < -0.39 is 0 Å². The highest BCUT2D eigenvalue weighted by Gasteiger charge is 2.15. The van der Waals surface area contributed by atoms with Crippen LogP contribution in [0.5, 0.6) is 17.2 Å². The van der Waals surface area contributed by atoms with Crippen molar-refractivity contribution in [2.75, 3.05) is 12.8 Å². The maximum atomic E-state index is 5.96. The summed E-state index contributed by atoms with van der Waals surface area (Å²) in [6.45, 7) is 8.63. The normalized spacial score (nSPS) is 11.3. The van der Waals surface area contributed by atoms with Crippen molar-refractivity contribution in [3.05, 3.63) is 47.5 Å². The zero-order valence-corrected chi connectivity index (χ0v) is 13.4. The average molecular weight is 285 g/mol. The van der Waals surface area contributed by atoms with Crippen LogP contribution < -0.4 is 15.2 Å². The number of aryl methyl sites for hydroxylation is 1. The molecule has 3 nitrogen and oxygen atoms in total. The topological polar surface area (TPSA) is 44.5 Å². The average Bonchev–Trinajstić information content (AvgIpc) is 2.42. The number of hydrogen-bond acceptors (Lipinski definition) is 3.